The van der Waals surface area contributed by atoms with E-state index in [4.69, 9.17) is 10.00 Å². The van der Waals surface area contributed by atoms with Crippen LogP contribution in [0.1, 0.15) is 12.5 Å². The molecule has 0 bridgehead atoms. The van der Waals surface area contributed by atoms with E-state index in [1.165, 1.54) is 6.07 Å². The van der Waals surface area contributed by atoms with Gasteiger partial charge in [-0.25, -0.2) is 0 Å². The van der Waals surface area contributed by atoms with Crippen molar-refractivity contribution in [3.05, 3.63) is 64.2 Å². The van der Waals surface area contributed by atoms with Crippen molar-refractivity contribution in [3.63, 3.8) is 0 Å². The zero-order valence-corrected chi connectivity index (χ0v) is 15.4. The molecule has 0 saturated carbocycles. The number of amides is 1. The quantitative estimate of drug-likeness (QED) is 0.584. The molecule has 0 radical (unpaired) electrons. The lowest BCUT2D eigenvalue weighted by atomic mass is 10.2. The number of piperazine rings is 1. The van der Waals surface area contributed by atoms with E-state index >= 15 is 0 Å². The second-order valence-electron chi connectivity index (χ2n) is 6.45. The van der Waals surface area contributed by atoms with Crippen LogP contribution in [0.5, 0.6) is 5.75 Å². The predicted molar refractivity (Wildman–Crippen MR) is 103 cm³/mol. The van der Waals surface area contributed by atoms with E-state index in [-0.39, 0.29) is 16.5 Å². The van der Waals surface area contributed by atoms with Crippen molar-refractivity contribution in [2.24, 2.45) is 0 Å². The molecular weight excluding hydrogens is 360 g/mol. The molecule has 0 N–H and O–H groups in total. The third-order valence-corrected chi connectivity index (χ3v) is 4.65. The number of nitro groups is 1. The van der Waals surface area contributed by atoms with E-state index in [2.05, 4.69) is 0 Å². The first-order chi connectivity index (χ1) is 13.5. The molecule has 1 saturated heterocycles. The third kappa shape index (κ3) is 4.20. The number of ether oxygens (including phenoxy) is 1. The van der Waals surface area contributed by atoms with E-state index in [9.17, 15) is 14.9 Å². The van der Waals surface area contributed by atoms with Gasteiger partial charge in [0, 0.05) is 32.2 Å². The molecule has 0 aliphatic carbocycles. The summed E-state index contributed by atoms with van der Waals surface area (Å²) in [5.41, 5.74) is 1.17. The summed E-state index contributed by atoms with van der Waals surface area (Å²) in [5, 5.41) is 20.0. The molecule has 1 fully saturated rings. The molecule has 1 unspecified atom stereocenters. The number of nitriles is 1. The molecule has 0 spiro atoms. The van der Waals surface area contributed by atoms with Gasteiger partial charge in [-0.1, -0.05) is 12.1 Å². The Hall–Kier alpha value is -3.60. The Labute approximate surface area is 162 Å². The van der Waals surface area contributed by atoms with Crippen molar-refractivity contribution in [2.45, 2.75) is 13.0 Å². The van der Waals surface area contributed by atoms with Gasteiger partial charge in [0.05, 0.1) is 16.6 Å². The van der Waals surface area contributed by atoms with E-state index < -0.39 is 6.10 Å². The second kappa shape index (κ2) is 8.39. The summed E-state index contributed by atoms with van der Waals surface area (Å²) in [4.78, 5) is 27.1. The lowest BCUT2D eigenvalue weighted by molar-refractivity contribution is -0.384. The number of nitro benzene ring substituents is 1. The molecule has 28 heavy (non-hydrogen) atoms. The molecule has 1 heterocycles. The topological polar surface area (TPSA) is 99.7 Å². The van der Waals surface area contributed by atoms with E-state index in [1.54, 1.807) is 54.3 Å². The number of carbonyl (C=O) groups is 1. The Morgan fingerprint density at radius 2 is 1.79 bits per heavy atom. The molecule has 1 amide bonds. The number of rotatable bonds is 5. The van der Waals surface area contributed by atoms with Crippen molar-refractivity contribution in [1.82, 2.24) is 4.90 Å². The molecule has 3 rings (SSSR count). The van der Waals surface area contributed by atoms with Gasteiger partial charge in [-0.2, -0.15) is 5.26 Å². The smallest absolute Gasteiger partial charge is 0.292 e. The minimum absolute atomic E-state index is 0.0693. The summed E-state index contributed by atoms with van der Waals surface area (Å²) in [6.07, 6.45) is -0.662. The predicted octanol–water partition coefficient (Wildman–Crippen LogP) is 2.58. The van der Waals surface area contributed by atoms with E-state index in [1.807, 2.05) is 11.0 Å². The van der Waals surface area contributed by atoms with E-state index in [0.29, 0.717) is 43.2 Å². The summed E-state index contributed by atoms with van der Waals surface area (Å²) < 4.78 is 5.69. The van der Waals surface area contributed by atoms with Crippen molar-refractivity contribution < 1.29 is 14.5 Å². The number of carbonyl (C=O) groups excluding carboxylic acids is 1. The molecule has 0 aromatic heterocycles. The normalized spacial score (nSPS) is 14.9. The first-order valence-corrected chi connectivity index (χ1v) is 8.93. The van der Waals surface area contributed by atoms with Crippen LogP contribution in [0.2, 0.25) is 0 Å². The molecule has 8 heteroatoms. The number of benzene rings is 2. The summed E-state index contributed by atoms with van der Waals surface area (Å²) in [7, 11) is 0. The molecule has 2 aromatic rings. The van der Waals surface area contributed by atoms with Crippen molar-refractivity contribution in [3.8, 4) is 11.8 Å². The number of hydrogen-bond donors (Lipinski definition) is 0. The zero-order chi connectivity index (χ0) is 20.1. The maximum Gasteiger partial charge on any atom is 0.292 e. The molecule has 1 aliphatic rings. The van der Waals surface area contributed by atoms with E-state index in [0.717, 1.165) is 0 Å². The fraction of sp³-hybridized carbons (Fsp3) is 0.300. The largest absolute Gasteiger partial charge is 0.481 e. The van der Waals surface area contributed by atoms with Gasteiger partial charge in [0.1, 0.15) is 11.4 Å². The van der Waals surface area contributed by atoms with Crippen LogP contribution in [0.4, 0.5) is 11.4 Å². The van der Waals surface area contributed by atoms with Gasteiger partial charge < -0.3 is 14.5 Å². The van der Waals surface area contributed by atoms with Crippen LogP contribution in [-0.4, -0.2) is 48.0 Å². The molecule has 144 valence electrons. The van der Waals surface area contributed by atoms with Crippen molar-refractivity contribution >= 4 is 17.3 Å². The van der Waals surface area contributed by atoms with Crippen LogP contribution in [0, 0.1) is 21.4 Å². The minimum Gasteiger partial charge on any atom is -0.481 e. The summed E-state index contributed by atoms with van der Waals surface area (Å²) in [5.74, 6) is 0.393. The highest BCUT2D eigenvalue weighted by atomic mass is 16.6. The highest BCUT2D eigenvalue weighted by Gasteiger charge is 2.28. The van der Waals surface area contributed by atoms with Gasteiger partial charge in [-0.15, -0.1) is 0 Å². The van der Waals surface area contributed by atoms with Crippen LogP contribution in [0.15, 0.2) is 48.5 Å². The Morgan fingerprint density at radius 1 is 1.14 bits per heavy atom. The van der Waals surface area contributed by atoms with Crippen LogP contribution < -0.4 is 9.64 Å². The van der Waals surface area contributed by atoms with Gasteiger partial charge in [-0.05, 0) is 37.3 Å². The lowest BCUT2D eigenvalue weighted by Crippen LogP contribution is -2.52. The molecule has 8 nitrogen and oxygen atoms in total. The summed E-state index contributed by atoms with van der Waals surface area (Å²) >= 11 is 0. The zero-order valence-electron chi connectivity index (χ0n) is 15.4. The van der Waals surface area contributed by atoms with Crippen molar-refractivity contribution in [1.29, 1.82) is 5.26 Å². The lowest BCUT2D eigenvalue weighted by Gasteiger charge is -2.36. The summed E-state index contributed by atoms with van der Waals surface area (Å²) in [6, 6.07) is 15.3. The number of hydrogen-bond acceptors (Lipinski definition) is 6. The van der Waals surface area contributed by atoms with Crippen LogP contribution in [0.3, 0.4) is 0 Å². The molecule has 2 aromatic carbocycles. The number of nitrogens with zero attached hydrogens (tertiary/aromatic N) is 4. The van der Waals surface area contributed by atoms with Gasteiger partial charge in [0.2, 0.25) is 0 Å². The SMILES string of the molecule is CC(Oc1ccc(C#N)cc1)C(=O)N1CCN(c2ccccc2[N+](=O)[O-])CC1. The second-order valence-corrected chi connectivity index (χ2v) is 6.45. The monoisotopic (exact) mass is 380 g/mol. The van der Waals surface area contributed by atoms with Crippen LogP contribution in [-0.2, 0) is 4.79 Å². The molecular formula is C20H20N4O4. The van der Waals surface area contributed by atoms with Gasteiger partial charge >= 0.3 is 0 Å². The Morgan fingerprint density at radius 3 is 2.39 bits per heavy atom. The van der Waals surface area contributed by atoms with Gasteiger partial charge in [-0.3, -0.25) is 14.9 Å². The average molecular weight is 380 g/mol. The molecule has 1 atom stereocenters. The third-order valence-electron chi connectivity index (χ3n) is 4.65. The first kappa shape index (κ1) is 19.2. The Balaban J connectivity index is 1.59. The van der Waals surface area contributed by atoms with Gasteiger partial charge in [0.25, 0.3) is 11.6 Å². The Kier molecular flexibility index (Phi) is 5.75. The van der Waals surface area contributed by atoms with Crippen molar-refractivity contribution in [2.75, 3.05) is 31.1 Å². The highest BCUT2D eigenvalue weighted by molar-refractivity contribution is 5.81. The van der Waals surface area contributed by atoms with Gasteiger partial charge in [0.15, 0.2) is 6.10 Å². The highest BCUT2D eigenvalue weighted by Crippen LogP contribution is 2.28. The minimum atomic E-state index is -0.662. The maximum atomic E-state index is 12.7. The Bertz CT molecular complexity index is 899. The van der Waals surface area contributed by atoms with Crippen LogP contribution in [0.25, 0.3) is 0 Å². The maximum absolute atomic E-state index is 12.7. The summed E-state index contributed by atoms with van der Waals surface area (Å²) in [6.45, 7) is 3.65. The number of para-hydroxylation sites is 2. The fourth-order valence-electron chi connectivity index (χ4n) is 3.17. The van der Waals surface area contributed by atoms with Crippen LogP contribution >= 0.6 is 0 Å². The standard InChI is InChI=1S/C20H20N4O4/c1-15(28-17-8-6-16(14-21)7-9-17)20(25)23-12-10-22(11-13-23)18-4-2-3-5-19(18)24(26)27/h2-9,15H,10-13H2,1H3. The molecule has 1 aliphatic heterocycles. The fourth-order valence-corrected chi connectivity index (χ4v) is 3.17. The average Bonchev–Trinajstić information content (AvgIpc) is 2.73. The first-order valence-electron chi connectivity index (χ1n) is 8.93. The number of anilines is 1.